The minimum atomic E-state index is 0.248. The summed E-state index contributed by atoms with van der Waals surface area (Å²) in [7, 11) is 0. The summed E-state index contributed by atoms with van der Waals surface area (Å²) in [5.41, 5.74) is 5.71. The van der Waals surface area contributed by atoms with Gasteiger partial charge in [-0.15, -0.1) is 11.3 Å². The van der Waals surface area contributed by atoms with Gasteiger partial charge in [-0.1, -0.05) is 18.5 Å². The lowest BCUT2D eigenvalue weighted by Gasteiger charge is -2.12. The van der Waals surface area contributed by atoms with E-state index in [1.54, 1.807) is 11.3 Å². The molecule has 1 heterocycles. The summed E-state index contributed by atoms with van der Waals surface area (Å²) in [6.07, 6.45) is 1.00. The van der Waals surface area contributed by atoms with Crippen LogP contribution in [-0.4, -0.2) is 6.04 Å². The molecule has 12 heavy (non-hydrogen) atoms. The molecule has 1 aromatic heterocycles. The highest BCUT2D eigenvalue weighted by Crippen LogP contribution is 2.32. The molecule has 2 N–H and O–H groups in total. The molecule has 0 aromatic carbocycles. The molecule has 3 heteroatoms. The van der Waals surface area contributed by atoms with Gasteiger partial charge in [-0.05, 0) is 30.7 Å². The molecule has 0 spiro atoms. The molecule has 0 aliphatic heterocycles. The zero-order chi connectivity index (χ0) is 9.14. The van der Waals surface area contributed by atoms with E-state index >= 15 is 0 Å². The number of nitrogens with two attached hydrogens (primary N) is 1. The SMILES string of the molecule is CC(N)CC(C)c1sccc1Cl. The van der Waals surface area contributed by atoms with Crippen LogP contribution in [0.1, 0.15) is 31.1 Å². The molecule has 2 atom stereocenters. The van der Waals surface area contributed by atoms with Gasteiger partial charge in [0.2, 0.25) is 0 Å². The molecule has 0 amide bonds. The Kier molecular flexibility index (Phi) is 3.56. The van der Waals surface area contributed by atoms with Gasteiger partial charge in [0.25, 0.3) is 0 Å². The summed E-state index contributed by atoms with van der Waals surface area (Å²) in [5, 5.41) is 2.91. The van der Waals surface area contributed by atoms with E-state index in [1.165, 1.54) is 4.88 Å². The van der Waals surface area contributed by atoms with Gasteiger partial charge in [0.15, 0.2) is 0 Å². The van der Waals surface area contributed by atoms with Crippen molar-refractivity contribution in [1.82, 2.24) is 0 Å². The van der Waals surface area contributed by atoms with E-state index in [4.69, 9.17) is 17.3 Å². The van der Waals surface area contributed by atoms with E-state index < -0.39 is 0 Å². The van der Waals surface area contributed by atoms with Gasteiger partial charge in [0.1, 0.15) is 0 Å². The van der Waals surface area contributed by atoms with Crippen LogP contribution in [0, 0.1) is 0 Å². The average Bonchev–Trinajstić information content (AvgIpc) is 2.33. The Balaban J connectivity index is 2.65. The Labute approximate surface area is 82.5 Å². The fourth-order valence-corrected chi connectivity index (χ4v) is 2.64. The highest BCUT2D eigenvalue weighted by atomic mass is 35.5. The van der Waals surface area contributed by atoms with E-state index in [2.05, 4.69) is 6.92 Å². The van der Waals surface area contributed by atoms with Gasteiger partial charge in [0, 0.05) is 10.9 Å². The maximum Gasteiger partial charge on any atom is 0.0547 e. The largest absolute Gasteiger partial charge is 0.328 e. The van der Waals surface area contributed by atoms with Crippen LogP contribution in [0.15, 0.2) is 11.4 Å². The van der Waals surface area contributed by atoms with E-state index in [1.807, 2.05) is 18.4 Å². The molecule has 0 saturated carbocycles. The Hall–Kier alpha value is -0.0500. The van der Waals surface area contributed by atoms with Gasteiger partial charge in [-0.25, -0.2) is 0 Å². The number of rotatable bonds is 3. The molecule has 0 bridgehead atoms. The second kappa shape index (κ2) is 4.26. The third-order valence-corrected chi connectivity index (χ3v) is 3.41. The maximum absolute atomic E-state index is 5.99. The smallest absolute Gasteiger partial charge is 0.0547 e. The molecule has 0 aliphatic carbocycles. The third kappa shape index (κ3) is 2.47. The second-order valence-electron chi connectivity index (χ2n) is 3.25. The summed E-state index contributed by atoms with van der Waals surface area (Å²) < 4.78 is 0. The van der Waals surface area contributed by atoms with Gasteiger partial charge in [-0.3, -0.25) is 0 Å². The van der Waals surface area contributed by atoms with Crippen LogP contribution in [0.25, 0.3) is 0 Å². The molecule has 1 rings (SSSR count). The van der Waals surface area contributed by atoms with Crippen molar-refractivity contribution in [1.29, 1.82) is 0 Å². The van der Waals surface area contributed by atoms with Crippen molar-refractivity contribution in [3.8, 4) is 0 Å². The summed E-state index contributed by atoms with van der Waals surface area (Å²) in [6.45, 7) is 4.19. The van der Waals surface area contributed by atoms with Crippen molar-refractivity contribution < 1.29 is 0 Å². The maximum atomic E-state index is 5.99. The predicted molar refractivity (Wildman–Crippen MR) is 56.0 cm³/mol. The predicted octanol–water partition coefficient (Wildman–Crippen LogP) is 3.24. The fraction of sp³-hybridized carbons (Fsp3) is 0.556. The van der Waals surface area contributed by atoms with Gasteiger partial charge < -0.3 is 5.73 Å². The minimum absolute atomic E-state index is 0.248. The molecule has 0 aliphatic rings. The molecule has 68 valence electrons. The van der Waals surface area contributed by atoms with E-state index in [9.17, 15) is 0 Å². The van der Waals surface area contributed by atoms with Gasteiger partial charge >= 0.3 is 0 Å². The number of hydrogen-bond donors (Lipinski definition) is 1. The van der Waals surface area contributed by atoms with Crippen LogP contribution < -0.4 is 5.73 Å². The molecular formula is C9H14ClNS. The summed E-state index contributed by atoms with van der Waals surface area (Å²) in [6, 6.07) is 2.19. The first-order valence-corrected chi connectivity index (χ1v) is 5.35. The Morgan fingerprint density at radius 3 is 2.67 bits per heavy atom. The molecule has 1 aromatic rings. The molecule has 0 radical (unpaired) electrons. The van der Waals surface area contributed by atoms with E-state index in [-0.39, 0.29) is 6.04 Å². The minimum Gasteiger partial charge on any atom is -0.328 e. The second-order valence-corrected chi connectivity index (χ2v) is 4.60. The normalized spacial score (nSPS) is 16.0. The lowest BCUT2D eigenvalue weighted by molar-refractivity contribution is 0.592. The highest BCUT2D eigenvalue weighted by molar-refractivity contribution is 7.10. The van der Waals surface area contributed by atoms with Crippen LogP contribution in [0.2, 0.25) is 5.02 Å². The molecule has 1 nitrogen and oxygen atoms in total. The first kappa shape index (κ1) is 10.0. The first-order valence-electron chi connectivity index (χ1n) is 4.09. The zero-order valence-corrected chi connectivity index (χ0v) is 8.95. The van der Waals surface area contributed by atoms with Crippen LogP contribution in [-0.2, 0) is 0 Å². The van der Waals surface area contributed by atoms with E-state index in [0.29, 0.717) is 5.92 Å². The molecular weight excluding hydrogens is 190 g/mol. The summed E-state index contributed by atoms with van der Waals surface area (Å²) in [5.74, 6) is 0.484. The van der Waals surface area contributed by atoms with Crippen molar-refractivity contribution in [2.45, 2.75) is 32.2 Å². The Morgan fingerprint density at radius 2 is 2.25 bits per heavy atom. The van der Waals surface area contributed by atoms with Crippen LogP contribution in [0.5, 0.6) is 0 Å². The van der Waals surface area contributed by atoms with Crippen LogP contribution in [0.3, 0.4) is 0 Å². The first-order chi connectivity index (χ1) is 5.61. The van der Waals surface area contributed by atoms with Gasteiger partial charge in [-0.2, -0.15) is 0 Å². The van der Waals surface area contributed by atoms with Crippen LogP contribution in [0.4, 0.5) is 0 Å². The van der Waals surface area contributed by atoms with Crippen molar-refractivity contribution in [3.05, 3.63) is 21.3 Å². The Morgan fingerprint density at radius 1 is 1.58 bits per heavy atom. The summed E-state index contributed by atoms with van der Waals surface area (Å²) in [4.78, 5) is 1.26. The monoisotopic (exact) mass is 203 g/mol. The zero-order valence-electron chi connectivity index (χ0n) is 7.38. The third-order valence-electron chi connectivity index (χ3n) is 1.82. The number of thiophene rings is 1. The Bertz CT molecular complexity index is 244. The number of hydrogen-bond acceptors (Lipinski definition) is 2. The topological polar surface area (TPSA) is 26.0 Å². The van der Waals surface area contributed by atoms with E-state index in [0.717, 1.165) is 11.4 Å². The molecule has 0 saturated heterocycles. The standard InChI is InChI=1S/C9H14ClNS/c1-6(5-7(2)11)9-8(10)3-4-12-9/h3-4,6-7H,5,11H2,1-2H3. The molecule has 2 unspecified atom stereocenters. The molecule has 0 fully saturated rings. The average molecular weight is 204 g/mol. The van der Waals surface area contributed by atoms with Crippen molar-refractivity contribution in [3.63, 3.8) is 0 Å². The highest BCUT2D eigenvalue weighted by Gasteiger charge is 2.12. The van der Waals surface area contributed by atoms with Crippen molar-refractivity contribution in [2.75, 3.05) is 0 Å². The quantitative estimate of drug-likeness (QED) is 0.802. The number of halogens is 1. The summed E-state index contributed by atoms with van der Waals surface area (Å²) >= 11 is 7.70. The lowest BCUT2D eigenvalue weighted by atomic mass is 10.0. The van der Waals surface area contributed by atoms with Crippen molar-refractivity contribution >= 4 is 22.9 Å². The van der Waals surface area contributed by atoms with Crippen molar-refractivity contribution in [2.24, 2.45) is 5.73 Å². The fourth-order valence-electron chi connectivity index (χ4n) is 1.32. The van der Waals surface area contributed by atoms with Gasteiger partial charge in [0.05, 0.1) is 5.02 Å². The lowest BCUT2D eigenvalue weighted by Crippen LogP contribution is -2.17. The van der Waals surface area contributed by atoms with Crippen LogP contribution >= 0.6 is 22.9 Å².